The van der Waals surface area contributed by atoms with Crippen molar-refractivity contribution in [3.05, 3.63) is 65.7 Å². The van der Waals surface area contributed by atoms with E-state index in [1.165, 1.54) is 17.7 Å². The molecular weight excluding hydrogens is 260 g/mol. The zero-order chi connectivity index (χ0) is 14.3. The van der Waals surface area contributed by atoms with Crippen LogP contribution in [0.15, 0.2) is 59.5 Å². The van der Waals surface area contributed by atoms with E-state index in [1.807, 2.05) is 25.1 Å². The summed E-state index contributed by atoms with van der Waals surface area (Å²) in [6, 6.07) is 16.7. The van der Waals surface area contributed by atoms with Crippen molar-refractivity contribution >= 4 is 10.0 Å². The number of sulfonamides is 1. The molecule has 4 nitrogen and oxygen atoms in total. The molecule has 2 aromatic carbocycles. The summed E-state index contributed by atoms with van der Waals surface area (Å²) in [6.45, 7) is 3.96. The average Bonchev–Trinajstić information content (AvgIpc) is 2.41. The molecule has 19 heavy (non-hydrogen) atoms. The number of hydrazine groups is 1. The molecule has 0 spiro atoms. The molecule has 0 fully saturated rings. The van der Waals surface area contributed by atoms with Crippen LogP contribution in [-0.2, 0) is 10.0 Å². The molecule has 0 aromatic heterocycles. The molecule has 2 aromatic rings. The fourth-order valence-electron chi connectivity index (χ4n) is 1.32. The molecule has 0 saturated carbocycles. The van der Waals surface area contributed by atoms with Gasteiger partial charge in [-0.15, -0.1) is 0 Å². The van der Waals surface area contributed by atoms with Gasteiger partial charge in [0.05, 0.1) is 4.90 Å². The first kappa shape index (κ1) is 15.4. The minimum absolute atomic E-state index is 0.176. The summed E-state index contributed by atoms with van der Waals surface area (Å²) in [5, 5.41) is 0. The van der Waals surface area contributed by atoms with Crippen LogP contribution < -0.4 is 10.7 Å². The van der Waals surface area contributed by atoms with Gasteiger partial charge in [-0.25, -0.2) is 8.42 Å². The highest BCUT2D eigenvalue weighted by molar-refractivity contribution is 7.89. The zero-order valence-corrected chi connectivity index (χ0v) is 11.8. The number of nitrogens with one attached hydrogen (secondary N) is 1. The summed E-state index contributed by atoms with van der Waals surface area (Å²) < 4.78 is 22.2. The predicted molar refractivity (Wildman–Crippen MR) is 76.9 cm³/mol. The van der Waals surface area contributed by atoms with E-state index in [1.54, 1.807) is 17.0 Å². The van der Waals surface area contributed by atoms with E-state index in [4.69, 9.17) is 5.84 Å². The second kappa shape index (κ2) is 7.04. The maximum Gasteiger partial charge on any atom is 0.253 e. The molecule has 102 valence electrons. The smallest absolute Gasteiger partial charge is 0.253 e. The first-order valence-corrected chi connectivity index (χ1v) is 7.25. The predicted octanol–water partition coefficient (Wildman–Crippen LogP) is 2.14. The largest absolute Gasteiger partial charge is 0.257 e. The van der Waals surface area contributed by atoms with Crippen LogP contribution in [0.3, 0.4) is 0 Å². The number of hydrogen-bond donors (Lipinski definition) is 2. The van der Waals surface area contributed by atoms with E-state index in [0.717, 1.165) is 5.56 Å². The van der Waals surface area contributed by atoms with Gasteiger partial charge in [0.1, 0.15) is 0 Å². The second-order valence-electron chi connectivity index (χ2n) is 4.09. The van der Waals surface area contributed by atoms with E-state index in [-0.39, 0.29) is 4.90 Å². The molecule has 2 rings (SSSR count). The molecule has 0 aliphatic carbocycles. The van der Waals surface area contributed by atoms with Crippen LogP contribution in [0.4, 0.5) is 0 Å². The standard InChI is InChI=1S/C7H10N2O2S.C7H8/c1-6-2-4-7(5-3-6)12(10,11)9-8;1-7-5-3-2-4-6-7/h2-5,9H,8H2,1H3;2-6H,1H3. The highest BCUT2D eigenvalue weighted by atomic mass is 32.2. The Morgan fingerprint density at radius 3 is 1.68 bits per heavy atom. The van der Waals surface area contributed by atoms with E-state index in [9.17, 15) is 8.42 Å². The molecule has 0 radical (unpaired) electrons. The Morgan fingerprint density at radius 1 is 0.842 bits per heavy atom. The second-order valence-corrected chi connectivity index (χ2v) is 5.80. The third-order valence-electron chi connectivity index (χ3n) is 2.43. The van der Waals surface area contributed by atoms with Crippen molar-refractivity contribution in [2.24, 2.45) is 5.84 Å². The number of nitrogens with two attached hydrogens (primary N) is 1. The lowest BCUT2D eigenvalue weighted by Crippen LogP contribution is -2.30. The molecule has 3 N–H and O–H groups in total. The Hall–Kier alpha value is -1.69. The fraction of sp³-hybridized carbons (Fsp3) is 0.143. The summed E-state index contributed by atoms with van der Waals surface area (Å²) in [5.41, 5.74) is 2.33. The molecular formula is C14H18N2O2S. The van der Waals surface area contributed by atoms with Gasteiger partial charge < -0.3 is 0 Å². The summed E-state index contributed by atoms with van der Waals surface area (Å²) in [4.78, 5) is 1.93. The normalized spacial score (nSPS) is 10.5. The minimum Gasteiger partial charge on any atom is -0.257 e. The molecule has 0 saturated heterocycles. The van der Waals surface area contributed by atoms with Gasteiger partial charge in [0.2, 0.25) is 0 Å². The number of hydrogen-bond acceptors (Lipinski definition) is 3. The Balaban J connectivity index is 0.000000218. The molecule has 0 bridgehead atoms. The monoisotopic (exact) mass is 278 g/mol. The van der Waals surface area contributed by atoms with Crippen LogP contribution in [0.5, 0.6) is 0 Å². The summed E-state index contributed by atoms with van der Waals surface area (Å²) in [5.74, 6) is 4.84. The van der Waals surface area contributed by atoms with Crippen LogP contribution in [0.25, 0.3) is 0 Å². The zero-order valence-electron chi connectivity index (χ0n) is 11.0. The van der Waals surface area contributed by atoms with Crippen molar-refractivity contribution in [2.45, 2.75) is 18.7 Å². The van der Waals surface area contributed by atoms with Crippen molar-refractivity contribution in [3.63, 3.8) is 0 Å². The van der Waals surface area contributed by atoms with Crippen LogP contribution in [0, 0.1) is 13.8 Å². The Bertz CT molecular complexity index is 593. The maximum atomic E-state index is 11.1. The molecule has 0 atom stereocenters. The van der Waals surface area contributed by atoms with Crippen LogP contribution in [0.2, 0.25) is 0 Å². The van der Waals surface area contributed by atoms with Gasteiger partial charge in [0.25, 0.3) is 10.0 Å². The first-order valence-electron chi connectivity index (χ1n) is 5.76. The third-order valence-corrected chi connectivity index (χ3v) is 3.63. The lowest BCUT2D eigenvalue weighted by Gasteiger charge is -2.01. The van der Waals surface area contributed by atoms with Gasteiger partial charge >= 0.3 is 0 Å². The number of rotatable bonds is 2. The van der Waals surface area contributed by atoms with Crippen LogP contribution in [0.1, 0.15) is 11.1 Å². The van der Waals surface area contributed by atoms with E-state index in [0.29, 0.717) is 0 Å². The summed E-state index contributed by atoms with van der Waals surface area (Å²) in [7, 11) is -3.49. The Morgan fingerprint density at radius 2 is 1.32 bits per heavy atom. The van der Waals surface area contributed by atoms with Crippen LogP contribution >= 0.6 is 0 Å². The van der Waals surface area contributed by atoms with Crippen molar-refractivity contribution in [1.29, 1.82) is 0 Å². The van der Waals surface area contributed by atoms with Gasteiger partial charge in [-0.05, 0) is 26.0 Å². The lowest BCUT2D eigenvalue weighted by molar-refractivity contribution is 0.584. The number of benzene rings is 2. The minimum atomic E-state index is -3.49. The van der Waals surface area contributed by atoms with Crippen molar-refractivity contribution < 1.29 is 8.42 Å². The molecule has 0 aliphatic heterocycles. The highest BCUT2D eigenvalue weighted by Crippen LogP contribution is 2.08. The van der Waals surface area contributed by atoms with Crippen LogP contribution in [-0.4, -0.2) is 8.42 Å². The van der Waals surface area contributed by atoms with Gasteiger partial charge in [-0.3, -0.25) is 5.84 Å². The molecule has 0 unspecified atom stereocenters. The van der Waals surface area contributed by atoms with E-state index in [2.05, 4.69) is 19.1 Å². The SMILES string of the molecule is Cc1ccc(S(=O)(=O)NN)cc1.Cc1ccccc1. The van der Waals surface area contributed by atoms with Crippen molar-refractivity contribution in [2.75, 3.05) is 0 Å². The summed E-state index contributed by atoms with van der Waals surface area (Å²) >= 11 is 0. The van der Waals surface area contributed by atoms with Gasteiger partial charge in [0, 0.05) is 0 Å². The van der Waals surface area contributed by atoms with Crippen molar-refractivity contribution in [1.82, 2.24) is 4.83 Å². The van der Waals surface area contributed by atoms with E-state index < -0.39 is 10.0 Å². The van der Waals surface area contributed by atoms with Gasteiger partial charge in [0.15, 0.2) is 0 Å². The van der Waals surface area contributed by atoms with E-state index >= 15 is 0 Å². The molecule has 0 heterocycles. The first-order chi connectivity index (χ1) is 8.95. The fourth-order valence-corrected chi connectivity index (χ4v) is 1.95. The summed E-state index contributed by atoms with van der Waals surface area (Å²) in [6.07, 6.45) is 0. The van der Waals surface area contributed by atoms with Gasteiger partial charge in [-0.1, -0.05) is 53.6 Å². The average molecular weight is 278 g/mol. The Labute approximate surface area is 114 Å². The quantitative estimate of drug-likeness (QED) is 0.653. The highest BCUT2D eigenvalue weighted by Gasteiger charge is 2.09. The molecule has 0 amide bonds. The lowest BCUT2D eigenvalue weighted by atomic mass is 10.2. The van der Waals surface area contributed by atoms with Gasteiger partial charge in [-0.2, -0.15) is 4.83 Å². The number of aryl methyl sites for hydroxylation is 2. The molecule has 0 aliphatic rings. The van der Waals surface area contributed by atoms with Crippen molar-refractivity contribution in [3.8, 4) is 0 Å². The molecule has 5 heteroatoms. The maximum absolute atomic E-state index is 11.1. The Kier molecular flexibility index (Phi) is 5.69. The topological polar surface area (TPSA) is 72.2 Å². The third kappa shape index (κ3) is 5.21.